The summed E-state index contributed by atoms with van der Waals surface area (Å²) in [5.41, 5.74) is 0. The molecule has 2 aliphatic rings. The summed E-state index contributed by atoms with van der Waals surface area (Å²) in [6.07, 6.45) is 6.79. The van der Waals surface area contributed by atoms with Crippen LogP contribution in [0.1, 0.15) is 45.4 Å². The van der Waals surface area contributed by atoms with E-state index < -0.39 is 0 Å². The van der Waals surface area contributed by atoms with Crippen LogP contribution in [0.4, 0.5) is 0 Å². The van der Waals surface area contributed by atoms with E-state index in [1.165, 1.54) is 19.3 Å². The lowest BCUT2D eigenvalue weighted by molar-refractivity contribution is -0.146. The molecule has 2 fully saturated rings. The third-order valence-corrected chi connectivity index (χ3v) is 5.26. The van der Waals surface area contributed by atoms with E-state index in [-0.39, 0.29) is 24.4 Å². The van der Waals surface area contributed by atoms with E-state index in [0.29, 0.717) is 5.92 Å². The second kappa shape index (κ2) is 7.91. The Balaban J connectivity index is 1.89. The second-order valence-corrected chi connectivity index (χ2v) is 7.15. The van der Waals surface area contributed by atoms with Crippen LogP contribution in [0.15, 0.2) is 0 Å². The molecule has 20 heavy (non-hydrogen) atoms. The number of rotatable bonds is 6. The second-order valence-electron chi connectivity index (χ2n) is 5.75. The molecule has 1 aliphatic heterocycles. The van der Waals surface area contributed by atoms with Crippen LogP contribution in [0.2, 0.25) is 0 Å². The standard InChI is InChI=1S/C15H26N2O2S/c1-2-20-10-6-9-17-11-13(18)16-14(15(17)19)12-7-4-3-5-8-12/h12,14H,2-11H2,1H3,(H,16,18). The van der Waals surface area contributed by atoms with Gasteiger partial charge >= 0.3 is 0 Å². The Labute approximate surface area is 126 Å². The summed E-state index contributed by atoms with van der Waals surface area (Å²) in [6, 6.07) is -0.254. The van der Waals surface area contributed by atoms with Crippen LogP contribution >= 0.6 is 11.8 Å². The van der Waals surface area contributed by atoms with Gasteiger partial charge in [-0.3, -0.25) is 9.59 Å². The zero-order valence-electron chi connectivity index (χ0n) is 12.4. The quantitative estimate of drug-likeness (QED) is 0.763. The summed E-state index contributed by atoms with van der Waals surface area (Å²) in [5, 5.41) is 2.93. The van der Waals surface area contributed by atoms with Crippen LogP contribution in [0, 0.1) is 5.92 Å². The van der Waals surface area contributed by atoms with Crippen molar-refractivity contribution >= 4 is 23.6 Å². The van der Waals surface area contributed by atoms with Crippen LogP contribution in [0.25, 0.3) is 0 Å². The summed E-state index contributed by atoms with van der Waals surface area (Å²) < 4.78 is 0. The van der Waals surface area contributed by atoms with Crippen molar-refractivity contribution in [3.8, 4) is 0 Å². The van der Waals surface area contributed by atoms with E-state index in [9.17, 15) is 9.59 Å². The molecule has 1 saturated carbocycles. The maximum absolute atomic E-state index is 12.5. The highest BCUT2D eigenvalue weighted by atomic mass is 32.2. The third-order valence-electron chi connectivity index (χ3n) is 4.27. The monoisotopic (exact) mass is 298 g/mol. The SMILES string of the molecule is CCSCCCN1CC(=O)NC(C2CCCCC2)C1=O. The van der Waals surface area contributed by atoms with Crippen LogP contribution in [-0.2, 0) is 9.59 Å². The number of nitrogens with one attached hydrogen (secondary N) is 1. The molecule has 2 rings (SSSR count). The van der Waals surface area contributed by atoms with Crippen LogP contribution in [0.5, 0.6) is 0 Å². The first-order valence-corrected chi connectivity index (χ1v) is 9.03. The fourth-order valence-electron chi connectivity index (χ4n) is 3.21. The molecule has 0 aromatic carbocycles. The number of thioether (sulfide) groups is 1. The largest absolute Gasteiger partial charge is 0.342 e. The van der Waals surface area contributed by atoms with Gasteiger partial charge in [0.25, 0.3) is 0 Å². The van der Waals surface area contributed by atoms with E-state index >= 15 is 0 Å². The molecule has 0 aromatic rings. The van der Waals surface area contributed by atoms with Crippen LogP contribution < -0.4 is 5.32 Å². The molecular formula is C15H26N2O2S. The lowest BCUT2D eigenvalue weighted by atomic mass is 9.82. The summed E-state index contributed by atoms with van der Waals surface area (Å²) in [4.78, 5) is 26.2. The molecule has 0 aromatic heterocycles. The first kappa shape index (κ1) is 15.7. The predicted molar refractivity (Wildman–Crippen MR) is 82.7 cm³/mol. The minimum Gasteiger partial charge on any atom is -0.342 e. The zero-order valence-corrected chi connectivity index (χ0v) is 13.2. The Kier molecular flexibility index (Phi) is 6.20. The average Bonchev–Trinajstić information content (AvgIpc) is 2.47. The van der Waals surface area contributed by atoms with E-state index in [1.807, 2.05) is 11.8 Å². The maximum Gasteiger partial charge on any atom is 0.245 e. The number of carbonyl (C=O) groups excluding carboxylic acids is 2. The molecule has 114 valence electrons. The lowest BCUT2D eigenvalue weighted by Crippen LogP contribution is -2.60. The number of nitrogens with zero attached hydrogens (tertiary/aromatic N) is 1. The molecule has 4 nitrogen and oxygen atoms in total. The van der Waals surface area contributed by atoms with Gasteiger partial charge in [-0.2, -0.15) is 11.8 Å². The lowest BCUT2D eigenvalue weighted by Gasteiger charge is -2.37. The Morgan fingerprint density at radius 1 is 1.25 bits per heavy atom. The molecule has 2 amide bonds. The van der Waals surface area contributed by atoms with E-state index in [4.69, 9.17) is 0 Å². The number of amides is 2. The molecule has 1 unspecified atom stereocenters. The van der Waals surface area contributed by atoms with Crippen molar-refractivity contribution in [2.45, 2.75) is 51.5 Å². The molecule has 1 heterocycles. The fourth-order valence-corrected chi connectivity index (χ4v) is 3.83. The molecule has 1 N–H and O–H groups in total. The van der Waals surface area contributed by atoms with Gasteiger partial charge in [0.15, 0.2) is 0 Å². The number of carbonyl (C=O) groups is 2. The molecule has 1 saturated heterocycles. The Hall–Kier alpha value is -0.710. The average molecular weight is 298 g/mol. The van der Waals surface area contributed by atoms with E-state index in [1.54, 1.807) is 4.90 Å². The van der Waals surface area contributed by atoms with Crippen LogP contribution in [-0.4, -0.2) is 47.4 Å². The topological polar surface area (TPSA) is 49.4 Å². The fraction of sp³-hybridized carbons (Fsp3) is 0.867. The van der Waals surface area contributed by atoms with E-state index in [0.717, 1.165) is 37.3 Å². The molecular weight excluding hydrogens is 272 g/mol. The van der Waals surface area contributed by atoms with Gasteiger partial charge in [-0.15, -0.1) is 0 Å². The summed E-state index contributed by atoms with van der Waals surface area (Å²) in [5.74, 6) is 2.70. The molecule has 1 aliphatic carbocycles. The molecule has 0 bridgehead atoms. The molecule has 1 atom stereocenters. The van der Waals surface area contributed by atoms with Crippen molar-refractivity contribution in [3.63, 3.8) is 0 Å². The highest BCUT2D eigenvalue weighted by molar-refractivity contribution is 7.99. The van der Waals surface area contributed by atoms with Crippen LogP contribution in [0.3, 0.4) is 0 Å². The summed E-state index contributed by atoms with van der Waals surface area (Å²) >= 11 is 1.89. The predicted octanol–water partition coefficient (Wildman–Crippen LogP) is 2.04. The summed E-state index contributed by atoms with van der Waals surface area (Å²) in [7, 11) is 0. The third kappa shape index (κ3) is 4.14. The maximum atomic E-state index is 12.5. The minimum atomic E-state index is -0.254. The van der Waals surface area contributed by atoms with Gasteiger partial charge in [-0.05, 0) is 36.7 Å². The Bertz CT molecular complexity index is 343. The Morgan fingerprint density at radius 3 is 2.70 bits per heavy atom. The first-order valence-electron chi connectivity index (χ1n) is 7.88. The minimum absolute atomic E-state index is 0.0170. The Morgan fingerprint density at radius 2 is 2.00 bits per heavy atom. The molecule has 5 heteroatoms. The normalized spacial score (nSPS) is 24.9. The van der Waals surface area contributed by atoms with Crippen molar-refractivity contribution in [3.05, 3.63) is 0 Å². The summed E-state index contributed by atoms with van der Waals surface area (Å²) in [6.45, 7) is 3.12. The van der Waals surface area contributed by atoms with Gasteiger partial charge in [0.2, 0.25) is 11.8 Å². The van der Waals surface area contributed by atoms with Gasteiger partial charge < -0.3 is 10.2 Å². The van der Waals surface area contributed by atoms with Crippen molar-refractivity contribution in [1.29, 1.82) is 0 Å². The van der Waals surface area contributed by atoms with Crippen molar-refractivity contribution in [2.24, 2.45) is 5.92 Å². The van der Waals surface area contributed by atoms with Gasteiger partial charge in [0.1, 0.15) is 6.04 Å². The highest BCUT2D eigenvalue weighted by Crippen LogP contribution is 2.28. The van der Waals surface area contributed by atoms with Crippen molar-refractivity contribution < 1.29 is 9.59 Å². The number of hydrogen-bond acceptors (Lipinski definition) is 3. The van der Waals surface area contributed by atoms with Gasteiger partial charge in [0, 0.05) is 6.54 Å². The van der Waals surface area contributed by atoms with Gasteiger partial charge in [-0.25, -0.2) is 0 Å². The van der Waals surface area contributed by atoms with E-state index in [2.05, 4.69) is 12.2 Å². The van der Waals surface area contributed by atoms with Crippen molar-refractivity contribution in [1.82, 2.24) is 10.2 Å². The highest BCUT2D eigenvalue weighted by Gasteiger charge is 2.37. The number of hydrogen-bond donors (Lipinski definition) is 1. The van der Waals surface area contributed by atoms with Gasteiger partial charge in [0.05, 0.1) is 6.54 Å². The van der Waals surface area contributed by atoms with Gasteiger partial charge in [-0.1, -0.05) is 26.2 Å². The van der Waals surface area contributed by atoms with Crippen molar-refractivity contribution in [2.75, 3.05) is 24.6 Å². The first-order chi connectivity index (χ1) is 9.72. The zero-order chi connectivity index (χ0) is 14.4. The molecule has 0 spiro atoms. The number of piperazine rings is 1. The smallest absolute Gasteiger partial charge is 0.245 e. The molecule has 0 radical (unpaired) electrons.